The van der Waals surface area contributed by atoms with Crippen LogP contribution in [0.2, 0.25) is 0 Å². The summed E-state index contributed by atoms with van der Waals surface area (Å²) < 4.78 is 2.42. The highest BCUT2D eigenvalue weighted by atomic mass is 32.1. The molecule has 1 N–H and O–H groups in total. The van der Waals surface area contributed by atoms with Crippen molar-refractivity contribution in [1.29, 1.82) is 0 Å². The fraction of sp³-hybridized carbons (Fsp3) is 0.267. The maximum absolute atomic E-state index is 5.93. The standard InChI is InChI=1S/C30H32N4S/c1-6-23-11-9-10-20(3)28(23)33-21(4)18-25(22(33)5)29-27(26-12-7-8-17-31-26)32-30(35)34(29)24-15-13-19(2)14-16-24/h7-18,27,29H,6H2,1-5H3,(H,32,35)/t27-,29-/m1/s1. The number of hydrogen-bond donors (Lipinski definition) is 1. The van der Waals surface area contributed by atoms with Crippen molar-refractivity contribution in [2.24, 2.45) is 0 Å². The third-order valence-electron chi connectivity index (χ3n) is 7.12. The first-order chi connectivity index (χ1) is 16.9. The molecule has 1 saturated heterocycles. The van der Waals surface area contributed by atoms with E-state index in [4.69, 9.17) is 17.2 Å². The van der Waals surface area contributed by atoms with Crippen molar-refractivity contribution < 1.29 is 0 Å². The van der Waals surface area contributed by atoms with Gasteiger partial charge in [0.15, 0.2) is 5.11 Å². The van der Waals surface area contributed by atoms with Crippen molar-refractivity contribution in [3.05, 3.63) is 112 Å². The SMILES string of the molecule is CCc1cccc(C)c1-n1c(C)cc([C@@H]2[C@@H](c3ccccn3)NC(=S)N2c2ccc(C)cc2)c1C. The summed E-state index contributed by atoms with van der Waals surface area (Å²) in [5, 5.41) is 4.32. The predicted molar refractivity (Wildman–Crippen MR) is 148 cm³/mol. The van der Waals surface area contributed by atoms with E-state index in [0.29, 0.717) is 0 Å². The Kier molecular flexibility index (Phi) is 6.20. The topological polar surface area (TPSA) is 33.1 Å². The van der Waals surface area contributed by atoms with Crippen LogP contribution in [0.5, 0.6) is 0 Å². The molecule has 5 rings (SSSR count). The lowest BCUT2D eigenvalue weighted by Crippen LogP contribution is -2.29. The molecule has 0 bridgehead atoms. The van der Waals surface area contributed by atoms with E-state index >= 15 is 0 Å². The molecule has 5 heteroatoms. The second-order valence-electron chi connectivity index (χ2n) is 9.43. The van der Waals surface area contributed by atoms with E-state index in [1.807, 2.05) is 18.3 Å². The smallest absolute Gasteiger partial charge is 0.174 e. The molecule has 178 valence electrons. The van der Waals surface area contributed by atoms with Gasteiger partial charge in [-0.2, -0.15) is 0 Å². The number of nitrogens with zero attached hydrogens (tertiary/aromatic N) is 3. The van der Waals surface area contributed by atoms with Gasteiger partial charge in [-0.15, -0.1) is 0 Å². The summed E-state index contributed by atoms with van der Waals surface area (Å²) in [5.41, 5.74) is 11.0. The summed E-state index contributed by atoms with van der Waals surface area (Å²) in [4.78, 5) is 6.98. The minimum Gasteiger partial charge on any atom is -0.351 e. The number of benzene rings is 2. The molecule has 0 saturated carbocycles. The van der Waals surface area contributed by atoms with Crippen LogP contribution in [-0.2, 0) is 6.42 Å². The molecule has 4 nitrogen and oxygen atoms in total. The van der Waals surface area contributed by atoms with E-state index in [2.05, 4.69) is 104 Å². The Morgan fingerprint density at radius 1 is 0.943 bits per heavy atom. The Morgan fingerprint density at radius 3 is 2.40 bits per heavy atom. The van der Waals surface area contributed by atoms with Crippen LogP contribution in [-0.4, -0.2) is 14.7 Å². The van der Waals surface area contributed by atoms with Crippen LogP contribution >= 0.6 is 12.2 Å². The quantitative estimate of drug-likeness (QED) is 0.317. The van der Waals surface area contributed by atoms with E-state index in [1.54, 1.807) is 0 Å². The number of para-hydroxylation sites is 1. The second-order valence-corrected chi connectivity index (χ2v) is 9.82. The third kappa shape index (κ3) is 4.04. The zero-order valence-electron chi connectivity index (χ0n) is 21.0. The molecule has 4 aromatic rings. The lowest BCUT2D eigenvalue weighted by atomic mass is 9.96. The first kappa shape index (κ1) is 23.3. The minimum atomic E-state index is -0.0542. The van der Waals surface area contributed by atoms with Crippen molar-refractivity contribution in [2.75, 3.05) is 4.90 Å². The van der Waals surface area contributed by atoms with Gasteiger partial charge in [0.05, 0.1) is 23.5 Å². The number of hydrogen-bond acceptors (Lipinski definition) is 2. The van der Waals surface area contributed by atoms with Crippen LogP contribution in [0, 0.1) is 27.7 Å². The zero-order valence-corrected chi connectivity index (χ0v) is 21.9. The molecule has 2 aromatic heterocycles. The van der Waals surface area contributed by atoms with Crippen LogP contribution in [0.15, 0.2) is 72.9 Å². The lowest BCUT2D eigenvalue weighted by molar-refractivity contribution is 0.565. The molecule has 3 heterocycles. The van der Waals surface area contributed by atoms with Crippen molar-refractivity contribution in [3.63, 3.8) is 0 Å². The molecule has 0 amide bonds. The molecular formula is C30H32N4S. The number of pyridine rings is 1. The number of rotatable bonds is 5. The van der Waals surface area contributed by atoms with Gasteiger partial charge < -0.3 is 14.8 Å². The molecule has 35 heavy (non-hydrogen) atoms. The van der Waals surface area contributed by atoms with E-state index in [1.165, 1.54) is 39.3 Å². The number of nitrogens with one attached hydrogen (secondary N) is 1. The fourth-order valence-electron chi connectivity index (χ4n) is 5.41. The number of thiocarbonyl (C=S) groups is 1. The monoisotopic (exact) mass is 480 g/mol. The van der Waals surface area contributed by atoms with Gasteiger partial charge in [0.25, 0.3) is 0 Å². The highest BCUT2D eigenvalue weighted by Crippen LogP contribution is 2.44. The Balaban J connectivity index is 1.71. The number of anilines is 1. The molecule has 0 aliphatic carbocycles. The van der Waals surface area contributed by atoms with Gasteiger partial charge in [-0.25, -0.2) is 0 Å². The van der Waals surface area contributed by atoms with Crippen molar-refractivity contribution in [1.82, 2.24) is 14.9 Å². The maximum atomic E-state index is 5.93. The average Bonchev–Trinajstić information content (AvgIpc) is 3.35. The van der Waals surface area contributed by atoms with Crippen molar-refractivity contribution in [3.8, 4) is 5.69 Å². The van der Waals surface area contributed by atoms with Gasteiger partial charge >= 0.3 is 0 Å². The summed E-state index contributed by atoms with van der Waals surface area (Å²) in [6.07, 6.45) is 2.85. The Morgan fingerprint density at radius 2 is 1.71 bits per heavy atom. The zero-order chi connectivity index (χ0) is 24.7. The molecule has 0 unspecified atom stereocenters. The summed E-state index contributed by atoms with van der Waals surface area (Å²) >= 11 is 5.93. The lowest BCUT2D eigenvalue weighted by Gasteiger charge is -2.28. The van der Waals surface area contributed by atoms with Gasteiger partial charge in [0.2, 0.25) is 0 Å². The van der Waals surface area contributed by atoms with Gasteiger partial charge in [-0.3, -0.25) is 4.98 Å². The molecule has 2 atom stereocenters. The fourth-order valence-corrected chi connectivity index (χ4v) is 5.76. The van der Waals surface area contributed by atoms with E-state index < -0.39 is 0 Å². The molecule has 1 aliphatic rings. The largest absolute Gasteiger partial charge is 0.351 e. The average molecular weight is 481 g/mol. The predicted octanol–water partition coefficient (Wildman–Crippen LogP) is 6.85. The first-order valence-corrected chi connectivity index (χ1v) is 12.7. The Bertz CT molecular complexity index is 1370. The van der Waals surface area contributed by atoms with Gasteiger partial charge in [-0.1, -0.05) is 48.9 Å². The number of aryl methyl sites for hydroxylation is 4. The molecule has 1 aliphatic heterocycles. The molecule has 2 aromatic carbocycles. The highest BCUT2D eigenvalue weighted by molar-refractivity contribution is 7.80. The molecule has 1 fully saturated rings. The minimum absolute atomic E-state index is 0.0193. The summed E-state index contributed by atoms with van der Waals surface area (Å²) in [5.74, 6) is 0. The normalized spacial score (nSPS) is 17.6. The molecule has 0 radical (unpaired) electrons. The van der Waals surface area contributed by atoms with Crippen LogP contribution in [0.3, 0.4) is 0 Å². The van der Waals surface area contributed by atoms with E-state index in [0.717, 1.165) is 22.9 Å². The van der Waals surface area contributed by atoms with Crippen LogP contribution in [0.1, 0.15) is 58.3 Å². The Hall–Kier alpha value is -3.44. The van der Waals surface area contributed by atoms with Gasteiger partial charge in [0.1, 0.15) is 0 Å². The highest BCUT2D eigenvalue weighted by Gasteiger charge is 2.42. The first-order valence-electron chi connectivity index (χ1n) is 12.3. The van der Waals surface area contributed by atoms with Crippen LogP contribution in [0.4, 0.5) is 5.69 Å². The van der Waals surface area contributed by atoms with Crippen LogP contribution in [0.25, 0.3) is 5.69 Å². The van der Waals surface area contributed by atoms with Crippen molar-refractivity contribution >= 4 is 23.0 Å². The summed E-state index contributed by atoms with van der Waals surface area (Å²) in [6.45, 7) is 11.0. The summed E-state index contributed by atoms with van der Waals surface area (Å²) in [6, 6.07) is 23.6. The maximum Gasteiger partial charge on any atom is 0.174 e. The molecular weight excluding hydrogens is 448 g/mol. The van der Waals surface area contributed by atoms with Crippen LogP contribution < -0.4 is 10.2 Å². The van der Waals surface area contributed by atoms with E-state index in [-0.39, 0.29) is 12.1 Å². The molecule has 0 spiro atoms. The van der Waals surface area contributed by atoms with Crippen molar-refractivity contribution in [2.45, 2.75) is 53.1 Å². The number of aromatic nitrogens is 2. The third-order valence-corrected chi connectivity index (χ3v) is 7.44. The summed E-state index contributed by atoms with van der Waals surface area (Å²) in [7, 11) is 0. The van der Waals surface area contributed by atoms with E-state index in [9.17, 15) is 0 Å². The van der Waals surface area contributed by atoms with Gasteiger partial charge in [-0.05, 0) is 93.4 Å². The Labute approximate surface area is 213 Å². The van der Waals surface area contributed by atoms with Gasteiger partial charge in [0, 0.05) is 23.3 Å². The second kappa shape index (κ2) is 9.31.